The van der Waals surface area contributed by atoms with Gasteiger partial charge >= 0.3 is 0 Å². The van der Waals surface area contributed by atoms with E-state index in [1.54, 1.807) is 0 Å². The molecular weight excluding hydrogens is 355 g/mol. The maximum absolute atomic E-state index is 8.71. The molecule has 146 valence electrons. The normalized spacial score (nSPS) is 11.5. The Balaban J connectivity index is 2.95. The standard InChI is InChI=1S/C20H42Cl2OSi/c21-24(22)20-18-16-14-12-10-8-6-4-2-1-3-5-7-9-11-13-15-17-19-23/h23-24H,1-20H2. The highest BCUT2D eigenvalue weighted by atomic mass is 35.7. The first-order valence-corrected chi connectivity index (χ1v) is 15.0. The second kappa shape index (κ2) is 21.8. The van der Waals surface area contributed by atoms with E-state index < -0.39 is 7.42 Å². The van der Waals surface area contributed by atoms with Gasteiger partial charge in [-0.1, -0.05) is 109 Å². The van der Waals surface area contributed by atoms with Crippen LogP contribution >= 0.6 is 22.2 Å². The zero-order valence-electron chi connectivity index (χ0n) is 15.9. The van der Waals surface area contributed by atoms with Gasteiger partial charge in [0.15, 0.2) is 0 Å². The summed E-state index contributed by atoms with van der Waals surface area (Å²) in [7, 11) is -1.33. The van der Waals surface area contributed by atoms with Gasteiger partial charge in [-0.15, -0.1) is 0 Å². The second-order valence-electron chi connectivity index (χ2n) is 7.27. The molecule has 24 heavy (non-hydrogen) atoms. The van der Waals surface area contributed by atoms with Crippen LogP contribution in [-0.4, -0.2) is 19.1 Å². The van der Waals surface area contributed by atoms with Crippen LogP contribution in [0, 0.1) is 0 Å². The fourth-order valence-corrected chi connectivity index (χ4v) is 4.76. The lowest BCUT2D eigenvalue weighted by atomic mass is 10.0. The Morgan fingerprint density at radius 2 is 0.667 bits per heavy atom. The second-order valence-corrected chi connectivity index (χ2v) is 12.5. The van der Waals surface area contributed by atoms with E-state index in [9.17, 15) is 0 Å². The quantitative estimate of drug-likeness (QED) is 0.127. The average Bonchev–Trinajstić information content (AvgIpc) is 2.56. The van der Waals surface area contributed by atoms with Gasteiger partial charge in [-0.05, 0) is 12.5 Å². The molecule has 0 aromatic carbocycles. The van der Waals surface area contributed by atoms with Gasteiger partial charge in [0, 0.05) is 6.61 Å². The van der Waals surface area contributed by atoms with Crippen molar-refractivity contribution in [2.24, 2.45) is 0 Å². The first-order chi connectivity index (χ1) is 11.8. The van der Waals surface area contributed by atoms with Crippen molar-refractivity contribution in [3.63, 3.8) is 0 Å². The van der Waals surface area contributed by atoms with Gasteiger partial charge in [-0.25, -0.2) is 0 Å². The van der Waals surface area contributed by atoms with Gasteiger partial charge in [0.1, 0.15) is 0 Å². The van der Waals surface area contributed by atoms with Gasteiger partial charge in [-0.3, -0.25) is 0 Å². The fourth-order valence-electron chi connectivity index (χ4n) is 3.24. The zero-order chi connectivity index (χ0) is 17.7. The monoisotopic (exact) mass is 396 g/mol. The number of hydrogen-bond donors (Lipinski definition) is 1. The smallest absolute Gasteiger partial charge is 0.237 e. The molecule has 0 saturated heterocycles. The van der Waals surface area contributed by atoms with Crippen molar-refractivity contribution in [3.8, 4) is 0 Å². The molecular formula is C20H42Cl2OSi. The molecule has 0 aliphatic rings. The van der Waals surface area contributed by atoms with Crippen LogP contribution in [0.25, 0.3) is 0 Å². The molecule has 0 unspecified atom stereocenters. The summed E-state index contributed by atoms with van der Waals surface area (Å²) < 4.78 is 0. The SMILES string of the molecule is OCCCCCCCCCCCCCCCCCCCC[SiH](Cl)Cl. The number of halogens is 2. The predicted octanol–water partition coefficient (Wildman–Crippen LogP) is 7.70. The summed E-state index contributed by atoms with van der Waals surface area (Å²) in [6, 6.07) is 1.09. The topological polar surface area (TPSA) is 20.2 Å². The van der Waals surface area contributed by atoms with E-state index in [-0.39, 0.29) is 0 Å². The highest BCUT2D eigenvalue weighted by molar-refractivity contribution is 7.33. The van der Waals surface area contributed by atoms with Gasteiger partial charge in [0.25, 0.3) is 0 Å². The summed E-state index contributed by atoms with van der Waals surface area (Å²) in [6.45, 7) is 0.366. The Kier molecular flexibility index (Phi) is 22.5. The number of hydrogen-bond acceptors (Lipinski definition) is 1. The summed E-state index contributed by atoms with van der Waals surface area (Å²) in [5.41, 5.74) is 0. The lowest BCUT2D eigenvalue weighted by Crippen LogP contribution is -1.91. The third kappa shape index (κ3) is 22.8. The van der Waals surface area contributed by atoms with E-state index in [4.69, 9.17) is 27.3 Å². The summed E-state index contributed by atoms with van der Waals surface area (Å²) in [5.74, 6) is 0. The highest BCUT2D eigenvalue weighted by Crippen LogP contribution is 2.15. The summed E-state index contributed by atoms with van der Waals surface area (Å²) in [4.78, 5) is 0. The molecule has 0 radical (unpaired) electrons. The molecule has 0 saturated carbocycles. The molecule has 0 aromatic rings. The average molecular weight is 398 g/mol. The van der Waals surface area contributed by atoms with Crippen LogP contribution in [0.5, 0.6) is 0 Å². The first-order valence-electron chi connectivity index (χ1n) is 10.7. The molecule has 0 atom stereocenters. The Morgan fingerprint density at radius 1 is 0.417 bits per heavy atom. The Morgan fingerprint density at radius 3 is 0.917 bits per heavy atom. The molecule has 0 bridgehead atoms. The third-order valence-corrected chi connectivity index (χ3v) is 6.98. The Bertz CT molecular complexity index is 228. The summed E-state index contributed by atoms with van der Waals surface area (Å²) in [6.07, 6.45) is 24.5. The maximum atomic E-state index is 8.71. The Hall–Kier alpha value is 0.757. The highest BCUT2D eigenvalue weighted by Gasteiger charge is 2.00. The van der Waals surface area contributed by atoms with Crippen molar-refractivity contribution in [1.29, 1.82) is 0 Å². The molecule has 4 heteroatoms. The first kappa shape index (κ1) is 24.8. The van der Waals surface area contributed by atoms with Gasteiger partial charge in [0.05, 0.1) is 0 Å². The number of unbranched alkanes of at least 4 members (excludes halogenated alkanes) is 17. The van der Waals surface area contributed by atoms with Crippen LogP contribution in [0.15, 0.2) is 0 Å². The third-order valence-electron chi connectivity index (χ3n) is 4.83. The van der Waals surface area contributed by atoms with E-state index in [1.807, 2.05) is 0 Å². The van der Waals surface area contributed by atoms with E-state index in [2.05, 4.69) is 0 Å². The van der Waals surface area contributed by atoms with Crippen LogP contribution < -0.4 is 0 Å². The molecule has 1 nitrogen and oxygen atoms in total. The fraction of sp³-hybridized carbons (Fsp3) is 1.00. The molecule has 0 aliphatic heterocycles. The van der Waals surface area contributed by atoms with Gasteiger partial charge in [-0.2, -0.15) is 22.2 Å². The van der Waals surface area contributed by atoms with Crippen LogP contribution in [-0.2, 0) is 0 Å². The maximum Gasteiger partial charge on any atom is 0.237 e. The van der Waals surface area contributed by atoms with Crippen LogP contribution in [0.3, 0.4) is 0 Å². The molecule has 1 N–H and O–H groups in total. The van der Waals surface area contributed by atoms with E-state index in [1.165, 1.54) is 109 Å². The van der Waals surface area contributed by atoms with Gasteiger partial charge in [0.2, 0.25) is 7.42 Å². The zero-order valence-corrected chi connectivity index (χ0v) is 18.6. The minimum absolute atomic E-state index is 0.366. The van der Waals surface area contributed by atoms with E-state index in [0.717, 1.165) is 12.5 Å². The number of rotatable bonds is 20. The molecule has 0 fully saturated rings. The van der Waals surface area contributed by atoms with Crippen LogP contribution in [0.4, 0.5) is 0 Å². The minimum Gasteiger partial charge on any atom is -0.396 e. The molecule has 0 aliphatic carbocycles. The molecule has 0 rings (SSSR count). The number of aliphatic hydroxyl groups is 1. The lowest BCUT2D eigenvalue weighted by Gasteiger charge is -2.04. The van der Waals surface area contributed by atoms with Crippen molar-refractivity contribution in [2.75, 3.05) is 6.61 Å². The van der Waals surface area contributed by atoms with Crippen LogP contribution in [0.2, 0.25) is 6.04 Å². The van der Waals surface area contributed by atoms with Crippen molar-refractivity contribution < 1.29 is 5.11 Å². The Labute approximate surface area is 162 Å². The predicted molar refractivity (Wildman–Crippen MR) is 114 cm³/mol. The molecule has 0 amide bonds. The van der Waals surface area contributed by atoms with Crippen molar-refractivity contribution in [3.05, 3.63) is 0 Å². The largest absolute Gasteiger partial charge is 0.396 e. The van der Waals surface area contributed by atoms with Crippen molar-refractivity contribution in [1.82, 2.24) is 0 Å². The van der Waals surface area contributed by atoms with Crippen molar-refractivity contribution >= 4 is 29.6 Å². The summed E-state index contributed by atoms with van der Waals surface area (Å²) in [5, 5.41) is 8.71. The molecule has 0 aromatic heterocycles. The molecule has 0 heterocycles. The van der Waals surface area contributed by atoms with E-state index >= 15 is 0 Å². The minimum atomic E-state index is -1.33. The van der Waals surface area contributed by atoms with E-state index in [0.29, 0.717) is 6.61 Å². The number of aliphatic hydroxyl groups excluding tert-OH is 1. The van der Waals surface area contributed by atoms with Crippen LogP contribution in [0.1, 0.15) is 116 Å². The summed E-state index contributed by atoms with van der Waals surface area (Å²) >= 11 is 11.7. The molecule has 0 spiro atoms. The lowest BCUT2D eigenvalue weighted by molar-refractivity contribution is 0.282. The van der Waals surface area contributed by atoms with Gasteiger partial charge < -0.3 is 5.11 Å². The van der Waals surface area contributed by atoms with Crippen molar-refractivity contribution in [2.45, 2.75) is 122 Å².